The summed E-state index contributed by atoms with van der Waals surface area (Å²) in [4.78, 5) is 24.5. The molecule has 226 valence electrons. The molecule has 40 heavy (non-hydrogen) atoms. The first-order valence-corrected chi connectivity index (χ1v) is 14.7. The molecule has 4 rings (SSSR count). The summed E-state index contributed by atoms with van der Waals surface area (Å²) in [5, 5.41) is 57.9. The van der Waals surface area contributed by atoms with E-state index in [1.54, 1.807) is 0 Å². The zero-order valence-corrected chi connectivity index (χ0v) is 24.7. The number of ether oxygens (including phenoxy) is 2. The van der Waals surface area contributed by atoms with Gasteiger partial charge in [-0.25, -0.2) is 0 Å². The number of esters is 2. The molecule has 0 aliphatic heterocycles. The van der Waals surface area contributed by atoms with Crippen LogP contribution in [0.5, 0.6) is 0 Å². The molecule has 3 saturated carbocycles. The van der Waals surface area contributed by atoms with Crippen LogP contribution in [-0.2, 0) is 19.1 Å². The summed E-state index contributed by atoms with van der Waals surface area (Å²) < 4.78 is 11.3. The van der Waals surface area contributed by atoms with E-state index < -0.39 is 71.4 Å². The van der Waals surface area contributed by atoms with Gasteiger partial charge in [0.15, 0.2) is 0 Å². The Kier molecular flexibility index (Phi) is 8.42. The fourth-order valence-electron chi connectivity index (χ4n) is 8.82. The molecule has 0 aromatic carbocycles. The molecular formula is C31H48O9. The predicted octanol–water partition coefficient (Wildman–Crippen LogP) is 2.42. The second-order valence-electron chi connectivity index (χ2n) is 13.6. The summed E-state index contributed by atoms with van der Waals surface area (Å²) in [5.41, 5.74) is -6.06. The van der Waals surface area contributed by atoms with E-state index in [1.165, 1.54) is 19.9 Å². The molecule has 0 radical (unpaired) electrons. The topological polar surface area (TPSA) is 154 Å². The van der Waals surface area contributed by atoms with Crippen molar-refractivity contribution in [3.8, 4) is 0 Å². The highest BCUT2D eigenvalue weighted by molar-refractivity contribution is 5.67. The van der Waals surface area contributed by atoms with E-state index in [1.807, 2.05) is 0 Å². The summed E-state index contributed by atoms with van der Waals surface area (Å²) in [7, 11) is 0. The molecule has 3 fully saturated rings. The second kappa shape index (κ2) is 10.8. The van der Waals surface area contributed by atoms with Gasteiger partial charge in [-0.1, -0.05) is 45.9 Å². The van der Waals surface area contributed by atoms with Crippen LogP contribution in [0.15, 0.2) is 23.8 Å². The number of aliphatic hydroxyl groups excluding tert-OH is 3. The van der Waals surface area contributed by atoms with E-state index in [0.717, 1.165) is 12.8 Å². The van der Waals surface area contributed by atoms with Crippen molar-refractivity contribution in [2.75, 3.05) is 6.61 Å². The summed E-state index contributed by atoms with van der Waals surface area (Å²) in [5.74, 6) is -0.547. The SMILES string of the molecule is CC(=O)OC[C@]12C[C@@H](O)[C@H](O)C[C@]1(O)[C@H](O)C=C1C3CC[C@H]([C@H](C)/C=C/CC(C)C)[C@@]3(C)C[C@@H](OC(C)=O)[C@@]12O. The smallest absolute Gasteiger partial charge is 0.303 e. The first-order valence-electron chi connectivity index (χ1n) is 14.7. The number of carbonyl (C=O) groups is 2. The number of hydrogen-bond donors (Lipinski definition) is 5. The largest absolute Gasteiger partial charge is 0.465 e. The first kappa shape index (κ1) is 31.2. The maximum absolute atomic E-state index is 12.9. The average Bonchev–Trinajstić information content (AvgIpc) is 3.18. The molecule has 0 heterocycles. The summed E-state index contributed by atoms with van der Waals surface area (Å²) >= 11 is 0. The average molecular weight is 565 g/mol. The monoisotopic (exact) mass is 564 g/mol. The van der Waals surface area contributed by atoms with Crippen LogP contribution >= 0.6 is 0 Å². The van der Waals surface area contributed by atoms with Crippen molar-refractivity contribution in [1.82, 2.24) is 0 Å². The van der Waals surface area contributed by atoms with Gasteiger partial charge in [0.1, 0.15) is 30.0 Å². The van der Waals surface area contributed by atoms with Gasteiger partial charge in [-0.2, -0.15) is 0 Å². The molecule has 0 spiro atoms. The van der Waals surface area contributed by atoms with Crippen LogP contribution < -0.4 is 0 Å². The summed E-state index contributed by atoms with van der Waals surface area (Å²) in [6.45, 7) is 10.6. The van der Waals surface area contributed by atoms with Crippen LogP contribution in [-0.4, -0.2) is 79.7 Å². The zero-order valence-electron chi connectivity index (χ0n) is 24.7. The highest BCUT2D eigenvalue weighted by atomic mass is 16.6. The number of allylic oxidation sites excluding steroid dienone is 2. The van der Waals surface area contributed by atoms with Gasteiger partial charge in [0, 0.05) is 20.3 Å². The lowest BCUT2D eigenvalue weighted by Gasteiger charge is -2.67. The fourth-order valence-corrected chi connectivity index (χ4v) is 8.82. The molecule has 9 nitrogen and oxygen atoms in total. The molecule has 5 N–H and O–H groups in total. The summed E-state index contributed by atoms with van der Waals surface area (Å²) in [6.07, 6.45) is 2.48. The van der Waals surface area contributed by atoms with Gasteiger partial charge in [-0.05, 0) is 66.8 Å². The minimum absolute atomic E-state index is 0.200. The fraction of sp³-hybridized carbons (Fsp3) is 0.806. The number of rotatable bonds is 7. The maximum atomic E-state index is 12.9. The van der Waals surface area contributed by atoms with E-state index in [4.69, 9.17) is 9.47 Å². The van der Waals surface area contributed by atoms with Gasteiger partial charge >= 0.3 is 11.9 Å². The van der Waals surface area contributed by atoms with Crippen LogP contribution in [0.2, 0.25) is 0 Å². The number of aliphatic hydroxyl groups is 5. The third kappa shape index (κ3) is 4.66. The molecule has 0 aromatic heterocycles. The van der Waals surface area contributed by atoms with Gasteiger partial charge in [0.2, 0.25) is 0 Å². The Morgan fingerprint density at radius 2 is 1.68 bits per heavy atom. The number of carbonyl (C=O) groups excluding carboxylic acids is 2. The Labute approximate surface area is 237 Å². The predicted molar refractivity (Wildman–Crippen MR) is 147 cm³/mol. The Morgan fingerprint density at radius 3 is 2.27 bits per heavy atom. The third-order valence-corrected chi connectivity index (χ3v) is 10.7. The van der Waals surface area contributed by atoms with E-state index in [2.05, 4.69) is 39.8 Å². The molecule has 4 aliphatic carbocycles. The first-order chi connectivity index (χ1) is 18.5. The van der Waals surface area contributed by atoms with Crippen molar-refractivity contribution in [1.29, 1.82) is 0 Å². The molecule has 0 amide bonds. The minimum Gasteiger partial charge on any atom is -0.465 e. The quantitative estimate of drug-likeness (QED) is 0.232. The van der Waals surface area contributed by atoms with Crippen LogP contribution in [0.3, 0.4) is 0 Å². The molecule has 0 saturated heterocycles. The standard InChI is InChI=1S/C31H48O9/c1-17(2)8-7-9-18(3)21-10-11-22-23-12-26(36)30(37)14-25(35)24(34)13-29(30,16-39-19(4)32)31(23,38)27(40-20(5)33)15-28(21,22)6/h7,9,12,17-18,21-22,24-27,34-38H,8,10-11,13-16H2,1-6H3/b9-7+/t18-,21-,22?,24-,25-,26-,27-,28-,29-,30+,31+/m1/s1. The van der Waals surface area contributed by atoms with E-state index >= 15 is 0 Å². The van der Waals surface area contributed by atoms with Crippen molar-refractivity contribution in [2.45, 2.75) is 116 Å². The van der Waals surface area contributed by atoms with Crippen molar-refractivity contribution >= 4 is 11.9 Å². The molecule has 4 aliphatic rings. The van der Waals surface area contributed by atoms with Crippen molar-refractivity contribution < 1.29 is 44.6 Å². The Balaban J connectivity index is 1.88. The molecule has 9 heteroatoms. The van der Waals surface area contributed by atoms with Gasteiger partial charge in [-0.3, -0.25) is 9.59 Å². The molecule has 0 bridgehead atoms. The Morgan fingerprint density at radius 1 is 1.02 bits per heavy atom. The van der Waals surface area contributed by atoms with Crippen LogP contribution in [0.25, 0.3) is 0 Å². The zero-order chi connectivity index (χ0) is 29.8. The van der Waals surface area contributed by atoms with Crippen LogP contribution in [0, 0.1) is 34.5 Å². The number of hydrogen-bond acceptors (Lipinski definition) is 9. The van der Waals surface area contributed by atoms with E-state index in [0.29, 0.717) is 17.9 Å². The van der Waals surface area contributed by atoms with Gasteiger partial charge in [0.25, 0.3) is 0 Å². The Hall–Kier alpha value is -1.78. The summed E-state index contributed by atoms with van der Waals surface area (Å²) in [6, 6.07) is 0. The van der Waals surface area contributed by atoms with Gasteiger partial charge in [0.05, 0.1) is 17.6 Å². The highest BCUT2D eigenvalue weighted by Crippen LogP contribution is 2.69. The van der Waals surface area contributed by atoms with Crippen LogP contribution in [0.4, 0.5) is 0 Å². The number of fused-ring (bicyclic) bond motifs is 5. The van der Waals surface area contributed by atoms with E-state index in [9.17, 15) is 35.1 Å². The lowest BCUT2D eigenvalue weighted by atomic mass is 9.42. The van der Waals surface area contributed by atoms with Gasteiger partial charge in [-0.15, -0.1) is 0 Å². The lowest BCUT2D eigenvalue weighted by Crippen LogP contribution is -2.80. The second-order valence-corrected chi connectivity index (χ2v) is 13.6. The Bertz CT molecular complexity index is 1050. The van der Waals surface area contributed by atoms with Gasteiger partial charge < -0.3 is 35.0 Å². The van der Waals surface area contributed by atoms with E-state index in [-0.39, 0.29) is 30.6 Å². The molecule has 11 atom stereocenters. The van der Waals surface area contributed by atoms with Crippen molar-refractivity contribution in [2.24, 2.45) is 34.5 Å². The van der Waals surface area contributed by atoms with Crippen molar-refractivity contribution in [3.05, 3.63) is 23.8 Å². The molecule has 1 unspecified atom stereocenters. The minimum atomic E-state index is -2.17. The van der Waals surface area contributed by atoms with Crippen LogP contribution in [0.1, 0.15) is 80.1 Å². The normalized spacial score (nSPS) is 45.4. The van der Waals surface area contributed by atoms with Crippen molar-refractivity contribution in [3.63, 3.8) is 0 Å². The third-order valence-electron chi connectivity index (χ3n) is 10.7. The maximum Gasteiger partial charge on any atom is 0.303 e. The molecule has 0 aromatic rings. The highest BCUT2D eigenvalue weighted by Gasteiger charge is 2.77. The molecular weight excluding hydrogens is 516 g/mol. The lowest BCUT2D eigenvalue weighted by molar-refractivity contribution is -0.313.